The average molecular weight is 464 g/mol. The van der Waals surface area contributed by atoms with Gasteiger partial charge in [-0.2, -0.15) is 0 Å². The third kappa shape index (κ3) is 3.96. The number of rotatable bonds is 6. The Morgan fingerprint density at radius 2 is 1.84 bits per heavy atom. The van der Waals surface area contributed by atoms with Crippen LogP contribution in [0.2, 0.25) is 0 Å². The highest BCUT2D eigenvalue weighted by Crippen LogP contribution is 2.28. The zero-order chi connectivity index (χ0) is 22.1. The number of aromatic nitrogens is 5. The molecule has 0 aliphatic carbocycles. The van der Waals surface area contributed by atoms with E-state index in [1.807, 2.05) is 47.2 Å². The van der Waals surface area contributed by atoms with Crippen LogP contribution in [-0.2, 0) is 12.3 Å². The third-order valence-corrected chi connectivity index (χ3v) is 6.94. The molecule has 0 saturated carbocycles. The highest BCUT2D eigenvalue weighted by Gasteiger charge is 2.18. The maximum Gasteiger partial charge on any atom is 0.258 e. The van der Waals surface area contributed by atoms with Crippen molar-refractivity contribution in [2.45, 2.75) is 24.4 Å². The van der Waals surface area contributed by atoms with Crippen molar-refractivity contribution < 1.29 is 4.39 Å². The monoisotopic (exact) mass is 463 g/mol. The van der Waals surface area contributed by atoms with Crippen LogP contribution in [0.15, 0.2) is 76.0 Å². The summed E-state index contributed by atoms with van der Waals surface area (Å²) >= 11 is 2.87. The van der Waals surface area contributed by atoms with Crippen LogP contribution in [0.1, 0.15) is 17.0 Å². The van der Waals surface area contributed by atoms with E-state index in [4.69, 9.17) is 0 Å². The van der Waals surface area contributed by atoms with Crippen molar-refractivity contribution >= 4 is 28.1 Å². The van der Waals surface area contributed by atoms with Crippen molar-refractivity contribution in [1.29, 1.82) is 0 Å². The first-order valence-corrected chi connectivity index (χ1v) is 11.8. The summed E-state index contributed by atoms with van der Waals surface area (Å²) in [6, 6.07) is 18.0. The SMILES string of the molecule is Cc1csc2nc(CSc3nnc(-c4ccccc4F)n3Cc3ccccc3)cc(=O)n12. The minimum absolute atomic E-state index is 0.0952. The van der Waals surface area contributed by atoms with Gasteiger partial charge in [-0.15, -0.1) is 21.5 Å². The summed E-state index contributed by atoms with van der Waals surface area (Å²) in [5.74, 6) is 0.568. The smallest absolute Gasteiger partial charge is 0.258 e. The summed E-state index contributed by atoms with van der Waals surface area (Å²) in [5, 5.41) is 11.2. The molecule has 0 amide bonds. The first-order valence-electron chi connectivity index (χ1n) is 9.92. The van der Waals surface area contributed by atoms with Gasteiger partial charge >= 0.3 is 0 Å². The third-order valence-electron chi connectivity index (χ3n) is 4.99. The number of hydrogen-bond donors (Lipinski definition) is 0. The molecule has 3 heterocycles. The van der Waals surface area contributed by atoms with Crippen LogP contribution in [0.5, 0.6) is 0 Å². The van der Waals surface area contributed by atoms with E-state index in [-0.39, 0.29) is 11.4 Å². The second-order valence-electron chi connectivity index (χ2n) is 7.23. The van der Waals surface area contributed by atoms with Crippen LogP contribution in [0.25, 0.3) is 16.3 Å². The molecule has 0 spiro atoms. The molecule has 0 N–H and O–H groups in total. The molecule has 0 saturated heterocycles. The lowest BCUT2D eigenvalue weighted by atomic mass is 10.2. The Morgan fingerprint density at radius 1 is 1.06 bits per heavy atom. The predicted octanol–water partition coefficient (Wildman–Crippen LogP) is 4.80. The topological polar surface area (TPSA) is 65.1 Å². The Labute approximate surface area is 191 Å². The molecule has 0 radical (unpaired) electrons. The Bertz CT molecular complexity index is 1460. The van der Waals surface area contributed by atoms with Gasteiger partial charge in [0.15, 0.2) is 15.9 Å². The Hall–Kier alpha value is -3.30. The van der Waals surface area contributed by atoms with Gasteiger partial charge in [0, 0.05) is 22.9 Å². The van der Waals surface area contributed by atoms with E-state index in [0.29, 0.717) is 39.5 Å². The zero-order valence-electron chi connectivity index (χ0n) is 17.1. The first kappa shape index (κ1) is 20.6. The molecule has 32 heavy (non-hydrogen) atoms. The number of thioether (sulfide) groups is 1. The Kier molecular flexibility index (Phi) is 5.59. The van der Waals surface area contributed by atoms with Gasteiger partial charge in [0.25, 0.3) is 5.56 Å². The molecule has 0 aliphatic heterocycles. The molecular weight excluding hydrogens is 445 g/mol. The summed E-state index contributed by atoms with van der Waals surface area (Å²) < 4.78 is 18.0. The fraction of sp³-hybridized carbons (Fsp3) is 0.130. The number of fused-ring (bicyclic) bond motifs is 1. The van der Waals surface area contributed by atoms with Gasteiger partial charge in [-0.3, -0.25) is 13.8 Å². The lowest BCUT2D eigenvalue weighted by Crippen LogP contribution is -2.14. The van der Waals surface area contributed by atoms with E-state index in [0.717, 1.165) is 11.3 Å². The predicted molar refractivity (Wildman–Crippen MR) is 125 cm³/mol. The summed E-state index contributed by atoms with van der Waals surface area (Å²) in [6.07, 6.45) is 0. The van der Waals surface area contributed by atoms with E-state index in [1.165, 1.54) is 29.2 Å². The molecule has 0 unspecified atom stereocenters. The van der Waals surface area contributed by atoms with Crippen molar-refractivity contribution in [3.05, 3.63) is 99.2 Å². The zero-order valence-corrected chi connectivity index (χ0v) is 18.7. The molecule has 0 bridgehead atoms. The number of nitrogens with zero attached hydrogens (tertiary/aromatic N) is 5. The standard InChI is InChI=1S/C23H18FN5OS2/c1-15-13-31-22-25-17(11-20(30)29(15)22)14-32-23-27-26-21(18-9-5-6-10-19(18)24)28(23)12-16-7-3-2-4-8-16/h2-11,13H,12,14H2,1H3. The molecule has 0 aliphatic rings. The maximum absolute atomic E-state index is 14.5. The van der Waals surface area contributed by atoms with Crippen molar-refractivity contribution in [3.63, 3.8) is 0 Å². The van der Waals surface area contributed by atoms with E-state index in [1.54, 1.807) is 28.7 Å². The molecular formula is C23H18FN5OS2. The van der Waals surface area contributed by atoms with Gasteiger partial charge in [0.1, 0.15) is 5.82 Å². The number of aryl methyl sites for hydroxylation is 1. The summed E-state index contributed by atoms with van der Waals surface area (Å²) in [4.78, 5) is 17.8. The number of benzene rings is 2. The van der Waals surface area contributed by atoms with Gasteiger partial charge < -0.3 is 0 Å². The number of hydrogen-bond acceptors (Lipinski definition) is 6. The second kappa shape index (κ2) is 8.68. The van der Waals surface area contributed by atoms with Crippen LogP contribution in [0.4, 0.5) is 4.39 Å². The van der Waals surface area contributed by atoms with Crippen molar-refractivity contribution in [2.75, 3.05) is 0 Å². The molecule has 5 aromatic rings. The van der Waals surface area contributed by atoms with Crippen LogP contribution < -0.4 is 5.56 Å². The normalized spacial score (nSPS) is 11.3. The fourth-order valence-corrected chi connectivity index (χ4v) is 5.18. The Balaban J connectivity index is 1.49. The molecule has 160 valence electrons. The lowest BCUT2D eigenvalue weighted by Gasteiger charge is -2.11. The van der Waals surface area contributed by atoms with Gasteiger partial charge in [0.2, 0.25) is 0 Å². The average Bonchev–Trinajstić information content (AvgIpc) is 3.37. The molecule has 6 nitrogen and oxygen atoms in total. The second-order valence-corrected chi connectivity index (χ2v) is 9.01. The molecule has 5 rings (SSSR count). The molecule has 3 aromatic heterocycles. The summed E-state index contributed by atoms with van der Waals surface area (Å²) in [7, 11) is 0. The summed E-state index contributed by atoms with van der Waals surface area (Å²) in [6.45, 7) is 2.39. The Morgan fingerprint density at radius 3 is 2.66 bits per heavy atom. The van der Waals surface area contributed by atoms with E-state index in [9.17, 15) is 9.18 Å². The van der Waals surface area contributed by atoms with Gasteiger partial charge in [-0.25, -0.2) is 9.37 Å². The molecule has 2 aromatic carbocycles. The van der Waals surface area contributed by atoms with E-state index in [2.05, 4.69) is 15.2 Å². The van der Waals surface area contributed by atoms with E-state index < -0.39 is 0 Å². The maximum atomic E-state index is 14.5. The minimum atomic E-state index is -0.348. The number of thiazole rings is 1. The van der Waals surface area contributed by atoms with Crippen LogP contribution in [0, 0.1) is 12.7 Å². The highest BCUT2D eigenvalue weighted by atomic mass is 32.2. The highest BCUT2D eigenvalue weighted by molar-refractivity contribution is 7.98. The van der Waals surface area contributed by atoms with Crippen molar-refractivity contribution in [3.8, 4) is 11.4 Å². The molecule has 9 heteroatoms. The fourth-order valence-electron chi connectivity index (χ4n) is 3.46. The summed E-state index contributed by atoms with van der Waals surface area (Å²) in [5.41, 5.74) is 2.90. The first-order chi connectivity index (χ1) is 15.6. The van der Waals surface area contributed by atoms with Gasteiger partial charge in [-0.05, 0) is 24.6 Å². The number of halogens is 1. The van der Waals surface area contributed by atoms with Crippen molar-refractivity contribution in [1.82, 2.24) is 24.1 Å². The lowest BCUT2D eigenvalue weighted by molar-refractivity contribution is 0.626. The van der Waals surface area contributed by atoms with Gasteiger partial charge in [-0.1, -0.05) is 54.2 Å². The van der Waals surface area contributed by atoms with Crippen LogP contribution in [-0.4, -0.2) is 24.1 Å². The van der Waals surface area contributed by atoms with Crippen LogP contribution in [0.3, 0.4) is 0 Å². The molecule has 0 fully saturated rings. The minimum Gasteiger partial charge on any atom is -0.297 e. The van der Waals surface area contributed by atoms with Crippen LogP contribution >= 0.6 is 23.1 Å². The van der Waals surface area contributed by atoms with Gasteiger partial charge in [0.05, 0.1) is 17.8 Å². The quantitative estimate of drug-likeness (QED) is 0.339. The largest absolute Gasteiger partial charge is 0.297 e. The van der Waals surface area contributed by atoms with E-state index >= 15 is 0 Å². The van der Waals surface area contributed by atoms with Crippen molar-refractivity contribution in [2.24, 2.45) is 0 Å². The molecule has 0 atom stereocenters.